The van der Waals surface area contributed by atoms with E-state index in [0.717, 1.165) is 16.0 Å². The normalized spacial score (nSPS) is 20.6. The lowest BCUT2D eigenvalue weighted by Gasteiger charge is -2.25. The molecule has 0 aromatic heterocycles. The van der Waals surface area contributed by atoms with E-state index in [1.807, 2.05) is 26.0 Å². The van der Waals surface area contributed by atoms with Crippen molar-refractivity contribution in [1.29, 1.82) is 0 Å². The Morgan fingerprint density at radius 3 is 2.55 bits per heavy atom. The number of ether oxygens (including phenoxy) is 2. The van der Waals surface area contributed by atoms with Crippen LogP contribution in [0, 0.1) is 13.8 Å². The molecule has 7 nitrogen and oxygen atoms in total. The number of urea groups is 1. The number of rotatable bonds is 4. The molecule has 0 bridgehead atoms. The first-order valence-corrected chi connectivity index (χ1v) is 9.44. The zero-order valence-corrected chi connectivity index (χ0v) is 16.6. The van der Waals surface area contributed by atoms with Crippen LogP contribution in [0.25, 0.3) is 0 Å². The Labute approximate surface area is 168 Å². The molecule has 1 unspecified atom stereocenters. The van der Waals surface area contributed by atoms with Gasteiger partial charge in [0.1, 0.15) is 18.8 Å². The van der Waals surface area contributed by atoms with E-state index < -0.39 is 17.5 Å². The van der Waals surface area contributed by atoms with Gasteiger partial charge in [-0.3, -0.25) is 14.5 Å². The van der Waals surface area contributed by atoms with Crippen molar-refractivity contribution >= 4 is 17.7 Å². The van der Waals surface area contributed by atoms with Crippen molar-refractivity contribution in [2.75, 3.05) is 19.8 Å². The van der Waals surface area contributed by atoms with Crippen LogP contribution in [0.15, 0.2) is 36.4 Å². The molecule has 4 rings (SSSR count). The molecule has 2 aliphatic rings. The van der Waals surface area contributed by atoms with E-state index in [4.69, 9.17) is 9.47 Å². The first-order valence-electron chi connectivity index (χ1n) is 9.44. The van der Waals surface area contributed by atoms with Crippen molar-refractivity contribution in [3.8, 4) is 11.5 Å². The van der Waals surface area contributed by atoms with Gasteiger partial charge in [0.05, 0.1) is 6.54 Å². The van der Waals surface area contributed by atoms with Gasteiger partial charge in [0.2, 0.25) is 0 Å². The molecule has 2 aromatic carbocycles. The highest BCUT2D eigenvalue weighted by molar-refractivity contribution is 6.11. The zero-order chi connectivity index (χ0) is 20.8. The maximum absolute atomic E-state index is 13.1. The fourth-order valence-corrected chi connectivity index (χ4v) is 3.66. The summed E-state index contributed by atoms with van der Waals surface area (Å²) in [5.41, 5.74) is 1.55. The smallest absolute Gasteiger partial charge is 0.325 e. The third kappa shape index (κ3) is 3.22. The minimum absolute atomic E-state index is 0.277. The number of benzene rings is 2. The molecule has 2 aromatic rings. The molecule has 29 heavy (non-hydrogen) atoms. The number of imide groups is 1. The Morgan fingerprint density at radius 2 is 1.79 bits per heavy atom. The molecule has 0 radical (unpaired) electrons. The standard InChI is InChI=1S/C22H22N2O5/c1-13-4-5-14(2)16(10-13)17(25)12-24-20(26)22(3,23-21(24)27)15-6-7-18-19(11-15)29-9-8-28-18/h4-7,10-11H,8-9,12H2,1-3H3,(H,23,27). The van der Waals surface area contributed by atoms with E-state index in [1.165, 1.54) is 0 Å². The Hall–Kier alpha value is -3.35. The summed E-state index contributed by atoms with van der Waals surface area (Å²) in [6.45, 7) is 5.92. The van der Waals surface area contributed by atoms with Gasteiger partial charge in [-0.15, -0.1) is 0 Å². The lowest BCUT2D eigenvalue weighted by molar-refractivity contribution is -0.130. The molecule has 150 valence electrons. The summed E-state index contributed by atoms with van der Waals surface area (Å²) in [5, 5.41) is 2.72. The summed E-state index contributed by atoms with van der Waals surface area (Å²) in [7, 11) is 0. The van der Waals surface area contributed by atoms with E-state index in [-0.39, 0.29) is 12.3 Å². The topological polar surface area (TPSA) is 84.9 Å². The van der Waals surface area contributed by atoms with Crippen LogP contribution >= 0.6 is 0 Å². The Balaban J connectivity index is 1.60. The highest BCUT2D eigenvalue weighted by atomic mass is 16.6. The molecule has 1 N–H and O–H groups in total. The van der Waals surface area contributed by atoms with Crippen molar-refractivity contribution in [2.24, 2.45) is 0 Å². The van der Waals surface area contributed by atoms with Gasteiger partial charge in [0, 0.05) is 5.56 Å². The van der Waals surface area contributed by atoms with Crippen molar-refractivity contribution < 1.29 is 23.9 Å². The summed E-state index contributed by atoms with van der Waals surface area (Å²) in [6.07, 6.45) is 0. The molecule has 0 saturated carbocycles. The second kappa shape index (κ2) is 6.92. The lowest BCUT2D eigenvalue weighted by Crippen LogP contribution is -2.41. The zero-order valence-electron chi connectivity index (χ0n) is 16.6. The highest BCUT2D eigenvalue weighted by Gasteiger charge is 2.49. The molecule has 3 amide bonds. The van der Waals surface area contributed by atoms with Crippen molar-refractivity contribution in [3.05, 3.63) is 58.7 Å². The SMILES string of the molecule is Cc1ccc(C)c(C(=O)CN2C(=O)NC(C)(c3ccc4c(c3)OCCO4)C2=O)c1. The summed E-state index contributed by atoms with van der Waals surface area (Å²) >= 11 is 0. The van der Waals surface area contributed by atoms with E-state index in [0.29, 0.717) is 35.8 Å². The molecule has 2 heterocycles. The fourth-order valence-electron chi connectivity index (χ4n) is 3.66. The third-order valence-corrected chi connectivity index (χ3v) is 5.39. The van der Waals surface area contributed by atoms with E-state index in [2.05, 4.69) is 5.32 Å². The van der Waals surface area contributed by atoms with Crippen molar-refractivity contribution in [1.82, 2.24) is 10.2 Å². The molecular weight excluding hydrogens is 372 g/mol. The van der Waals surface area contributed by atoms with Gasteiger partial charge in [0.15, 0.2) is 17.3 Å². The predicted molar refractivity (Wildman–Crippen MR) is 105 cm³/mol. The maximum Gasteiger partial charge on any atom is 0.325 e. The van der Waals surface area contributed by atoms with E-state index in [9.17, 15) is 14.4 Å². The van der Waals surface area contributed by atoms with Crippen LogP contribution in [-0.2, 0) is 10.3 Å². The molecule has 7 heteroatoms. The van der Waals surface area contributed by atoms with Crippen LogP contribution in [0.5, 0.6) is 11.5 Å². The Morgan fingerprint density at radius 1 is 1.07 bits per heavy atom. The Kier molecular flexibility index (Phi) is 4.53. The first-order chi connectivity index (χ1) is 13.8. The molecule has 2 aliphatic heterocycles. The van der Waals surface area contributed by atoms with Gasteiger partial charge in [-0.25, -0.2) is 4.79 Å². The van der Waals surface area contributed by atoms with Crippen molar-refractivity contribution in [3.63, 3.8) is 0 Å². The first kappa shape index (κ1) is 19.0. The number of fused-ring (bicyclic) bond motifs is 1. The molecular formula is C22H22N2O5. The average molecular weight is 394 g/mol. The molecule has 1 saturated heterocycles. The van der Waals surface area contributed by atoms with E-state index >= 15 is 0 Å². The van der Waals surface area contributed by atoms with Gasteiger partial charge in [-0.1, -0.05) is 23.8 Å². The van der Waals surface area contributed by atoms with Crippen molar-refractivity contribution in [2.45, 2.75) is 26.3 Å². The lowest BCUT2D eigenvalue weighted by atomic mass is 9.91. The third-order valence-electron chi connectivity index (χ3n) is 5.39. The van der Waals surface area contributed by atoms with Crippen LogP contribution in [0.2, 0.25) is 0 Å². The van der Waals surface area contributed by atoms with Gasteiger partial charge >= 0.3 is 6.03 Å². The monoisotopic (exact) mass is 394 g/mol. The largest absolute Gasteiger partial charge is 0.486 e. The number of nitrogens with zero attached hydrogens (tertiary/aromatic N) is 1. The van der Waals surface area contributed by atoms with E-state index in [1.54, 1.807) is 31.2 Å². The number of Topliss-reactive ketones (excluding diaryl/α,β-unsaturated/α-hetero) is 1. The number of hydrogen-bond acceptors (Lipinski definition) is 5. The number of nitrogens with one attached hydrogen (secondary N) is 1. The number of ketones is 1. The summed E-state index contributed by atoms with van der Waals surface area (Å²) in [6, 6.07) is 10.1. The number of hydrogen-bond donors (Lipinski definition) is 1. The average Bonchev–Trinajstić information content (AvgIpc) is 2.93. The predicted octanol–water partition coefficient (Wildman–Crippen LogP) is 2.72. The van der Waals surface area contributed by atoms with Crippen LogP contribution in [0.3, 0.4) is 0 Å². The number of carbonyl (C=O) groups excluding carboxylic acids is 3. The fraction of sp³-hybridized carbons (Fsp3) is 0.318. The molecule has 1 fully saturated rings. The summed E-state index contributed by atoms with van der Waals surface area (Å²) in [4.78, 5) is 39.5. The second-order valence-electron chi connectivity index (χ2n) is 7.55. The van der Waals surface area contributed by atoms with Gasteiger partial charge < -0.3 is 14.8 Å². The molecule has 0 aliphatic carbocycles. The minimum Gasteiger partial charge on any atom is -0.486 e. The Bertz CT molecular complexity index is 1030. The van der Waals surface area contributed by atoms with Crippen LogP contribution in [0.1, 0.15) is 34.0 Å². The van der Waals surface area contributed by atoms with Crippen LogP contribution in [0.4, 0.5) is 4.79 Å². The quantitative estimate of drug-likeness (QED) is 0.637. The van der Waals surface area contributed by atoms with Crippen LogP contribution in [-0.4, -0.2) is 42.4 Å². The summed E-state index contributed by atoms with van der Waals surface area (Å²) in [5.74, 6) is 0.378. The molecule has 1 atom stereocenters. The van der Waals surface area contributed by atoms with Gasteiger partial charge in [-0.2, -0.15) is 0 Å². The van der Waals surface area contributed by atoms with Gasteiger partial charge in [0.25, 0.3) is 5.91 Å². The minimum atomic E-state index is -1.28. The second-order valence-corrected chi connectivity index (χ2v) is 7.55. The number of carbonyl (C=O) groups is 3. The van der Waals surface area contributed by atoms with Crippen LogP contribution < -0.4 is 14.8 Å². The summed E-state index contributed by atoms with van der Waals surface area (Å²) < 4.78 is 11.1. The maximum atomic E-state index is 13.1. The highest BCUT2D eigenvalue weighted by Crippen LogP contribution is 2.36. The molecule has 0 spiro atoms. The number of aryl methyl sites for hydroxylation is 2. The van der Waals surface area contributed by atoms with Gasteiger partial charge in [-0.05, 0) is 50.1 Å². The number of amides is 3.